The quantitative estimate of drug-likeness (QED) is 0.571. The molecule has 0 saturated heterocycles. The molecule has 18 heavy (non-hydrogen) atoms. The minimum atomic E-state index is -0.877. The lowest BCUT2D eigenvalue weighted by Gasteiger charge is -2.16. The van der Waals surface area contributed by atoms with Crippen LogP contribution in [0.3, 0.4) is 0 Å². The Balaban J connectivity index is 1.69. The fraction of sp³-hybridized carbons (Fsp3) is 0.667. The third-order valence-electron chi connectivity index (χ3n) is 3.32. The molecular weight excluding hydrogens is 236 g/mol. The molecule has 2 aliphatic rings. The number of fused-ring (bicyclic) bond motifs is 2. The molecule has 6 heteroatoms. The second-order valence-electron chi connectivity index (χ2n) is 4.52. The zero-order valence-corrected chi connectivity index (χ0v) is 10.2. The number of carbonyl (C=O) groups excluding carboxylic acids is 2. The van der Waals surface area contributed by atoms with E-state index in [1.165, 1.54) is 0 Å². The van der Waals surface area contributed by atoms with E-state index in [2.05, 4.69) is 27.1 Å². The van der Waals surface area contributed by atoms with Crippen LogP contribution in [0.5, 0.6) is 0 Å². The van der Waals surface area contributed by atoms with Crippen LogP contribution in [0.4, 0.5) is 9.59 Å². The molecule has 2 amide bonds. The zero-order chi connectivity index (χ0) is 13.0. The van der Waals surface area contributed by atoms with Crippen molar-refractivity contribution >= 4 is 12.2 Å². The van der Waals surface area contributed by atoms with E-state index in [0.29, 0.717) is 24.4 Å². The summed E-state index contributed by atoms with van der Waals surface area (Å²) < 4.78 is 9.46. The van der Waals surface area contributed by atoms with Crippen molar-refractivity contribution in [2.24, 2.45) is 28.0 Å². The molecule has 98 valence electrons. The lowest BCUT2D eigenvalue weighted by Crippen LogP contribution is -2.16. The second-order valence-corrected chi connectivity index (χ2v) is 4.52. The van der Waals surface area contributed by atoms with Gasteiger partial charge in [-0.2, -0.15) is 0 Å². The van der Waals surface area contributed by atoms with E-state index >= 15 is 0 Å². The van der Waals surface area contributed by atoms with E-state index in [4.69, 9.17) is 4.74 Å². The van der Waals surface area contributed by atoms with Gasteiger partial charge in [-0.25, -0.2) is 9.59 Å². The minimum Gasteiger partial charge on any atom is -0.447 e. The molecule has 0 aromatic carbocycles. The van der Waals surface area contributed by atoms with Gasteiger partial charge >= 0.3 is 12.2 Å². The van der Waals surface area contributed by atoms with Gasteiger partial charge in [0, 0.05) is 5.92 Å². The van der Waals surface area contributed by atoms with Gasteiger partial charge in [0.25, 0.3) is 0 Å². The van der Waals surface area contributed by atoms with Crippen molar-refractivity contribution in [3.63, 3.8) is 0 Å². The van der Waals surface area contributed by atoms with Gasteiger partial charge in [0.1, 0.15) is 0 Å². The molecule has 0 aromatic heterocycles. The lowest BCUT2D eigenvalue weighted by atomic mass is 9.95. The molecule has 1 fully saturated rings. The highest BCUT2D eigenvalue weighted by Crippen LogP contribution is 2.43. The van der Waals surface area contributed by atoms with Crippen LogP contribution in [0.1, 0.15) is 19.8 Å². The predicted molar refractivity (Wildman–Crippen MR) is 62.1 cm³/mol. The van der Waals surface area contributed by atoms with Gasteiger partial charge in [-0.3, -0.25) is 0 Å². The van der Waals surface area contributed by atoms with Gasteiger partial charge in [0.2, 0.25) is 0 Å². The maximum Gasteiger partial charge on any atom is 0.452 e. The number of hydrogen-bond donors (Lipinski definition) is 0. The third kappa shape index (κ3) is 3.15. The summed E-state index contributed by atoms with van der Waals surface area (Å²) in [6, 6.07) is 0. The fourth-order valence-corrected chi connectivity index (χ4v) is 2.53. The van der Waals surface area contributed by atoms with E-state index in [9.17, 15) is 9.59 Å². The lowest BCUT2D eigenvalue weighted by molar-refractivity contribution is 0.126. The van der Waals surface area contributed by atoms with Crippen molar-refractivity contribution in [3.8, 4) is 0 Å². The molecule has 2 rings (SSSR count). The number of ether oxygens (including phenoxy) is 2. The minimum absolute atomic E-state index is 0.199. The van der Waals surface area contributed by atoms with Crippen molar-refractivity contribution in [2.75, 3.05) is 13.2 Å². The Morgan fingerprint density at radius 3 is 2.44 bits per heavy atom. The van der Waals surface area contributed by atoms with Gasteiger partial charge in [-0.05, 0) is 31.6 Å². The van der Waals surface area contributed by atoms with Gasteiger partial charge in [-0.1, -0.05) is 22.4 Å². The van der Waals surface area contributed by atoms with Crippen LogP contribution < -0.4 is 0 Å². The van der Waals surface area contributed by atoms with E-state index in [0.717, 1.165) is 12.8 Å². The Morgan fingerprint density at radius 1 is 1.17 bits per heavy atom. The summed E-state index contributed by atoms with van der Waals surface area (Å²) in [4.78, 5) is 22.0. The highest BCUT2D eigenvalue weighted by atomic mass is 16.6. The second kappa shape index (κ2) is 5.75. The molecule has 0 N–H and O–H groups in total. The number of azo groups is 1. The Morgan fingerprint density at radius 2 is 1.89 bits per heavy atom. The average Bonchev–Trinajstić information content (AvgIpc) is 2.96. The molecule has 2 bridgehead atoms. The first-order chi connectivity index (χ1) is 8.69. The first-order valence-corrected chi connectivity index (χ1v) is 6.12. The summed E-state index contributed by atoms with van der Waals surface area (Å²) >= 11 is 0. The number of rotatable bonds is 3. The maximum absolute atomic E-state index is 11.2. The number of carbonyl (C=O) groups is 2. The molecule has 1 unspecified atom stereocenters. The van der Waals surface area contributed by atoms with Crippen molar-refractivity contribution in [3.05, 3.63) is 12.2 Å². The topological polar surface area (TPSA) is 77.3 Å². The molecule has 3 atom stereocenters. The monoisotopic (exact) mass is 252 g/mol. The molecule has 2 aliphatic carbocycles. The Kier molecular flexibility index (Phi) is 4.07. The Hall–Kier alpha value is -1.72. The van der Waals surface area contributed by atoms with Crippen LogP contribution in [0.25, 0.3) is 0 Å². The molecular formula is C12H16N2O4. The molecule has 1 saturated carbocycles. The fourth-order valence-electron chi connectivity index (χ4n) is 2.53. The first-order valence-electron chi connectivity index (χ1n) is 6.12. The number of allylic oxidation sites excluding steroid dienone is 2. The molecule has 6 nitrogen and oxygen atoms in total. The van der Waals surface area contributed by atoms with E-state index < -0.39 is 12.2 Å². The smallest absolute Gasteiger partial charge is 0.447 e. The van der Waals surface area contributed by atoms with Crippen LogP contribution >= 0.6 is 0 Å². The van der Waals surface area contributed by atoms with Crippen LogP contribution in [0.15, 0.2) is 22.4 Å². The predicted octanol–water partition coefficient (Wildman–Crippen LogP) is 2.94. The van der Waals surface area contributed by atoms with Crippen molar-refractivity contribution < 1.29 is 19.1 Å². The van der Waals surface area contributed by atoms with Gasteiger partial charge in [-0.15, -0.1) is 0 Å². The summed E-state index contributed by atoms with van der Waals surface area (Å²) in [6.07, 6.45) is 4.92. The number of nitrogens with zero attached hydrogens (tertiary/aromatic N) is 2. The molecule has 0 aliphatic heterocycles. The first kappa shape index (κ1) is 12.7. The van der Waals surface area contributed by atoms with Crippen molar-refractivity contribution in [1.82, 2.24) is 0 Å². The molecule has 0 spiro atoms. The highest BCUT2D eigenvalue weighted by Gasteiger charge is 2.36. The largest absolute Gasteiger partial charge is 0.452 e. The Bertz CT molecular complexity index is 392. The SMILES string of the molecule is CCOC(=O)/N=N\C(=O)OCC1C[C@@H]2C=C[C@H]1C2. The maximum atomic E-state index is 11.2. The normalized spacial score (nSPS) is 28.8. The van der Waals surface area contributed by atoms with E-state index in [1.54, 1.807) is 6.92 Å². The summed E-state index contributed by atoms with van der Waals surface area (Å²) in [5.41, 5.74) is 0. The number of amides is 2. The van der Waals surface area contributed by atoms with Gasteiger partial charge < -0.3 is 9.47 Å². The summed E-state index contributed by atoms with van der Waals surface area (Å²) in [5, 5.41) is 6.22. The highest BCUT2D eigenvalue weighted by molar-refractivity contribution is 5.73. The zero-order valence-electron chi connectivity index (χ0n) is 10.2. The van der Waals surface area contributed by atoms with E-state index in [-0.39, 0.29) is 6.61 Å². The van der Waals surface area contributed by atoms with E-state index in [1.807, 2.05) is 0 Å². The summed E-state index contributed by atoms with van der Waals surface area (Å²) in [7, 11) is 0. The molecule has 0 aromatic rings. The van der Waals surface area contributed by atoms with Gasteiger partial charge in [0.05, 0.1) is 13.2 Å². The molecule has 0 heterocycles. The number of hydrogen-bond acceptors (Lipinski definition) is 4. The average molecular weight is 252 g/mol. The summed E-state index contributed by atoms with van der Waals surface area (Å²) in [6.45, 7) is 2.19. The Labute approximate surface area is 105 Å². The standard InChI is InChI=1S/C12H16N2O4/c1-2-17-11(15)13-14-12(16)18-7-10-6-8-3-4-9(10)5-8/h3-4,8-10H,2,5-7H2,1H3/b14-13-/t8-,9+,10?/m1/s1. The van der Waals surface area contributed by atoms with Crippen LogP contribution in [-0.4, -0.2) is 25.4 Å². The van der Waals surface area contributed by atoms with Crippen LogP contribution in [0.2, 0.25) is 0 Å². The van der Waals surface area contributed by atoms with Crippen molar-refractivity contribution in [1.29, 1.82) is 0 Å². The van der Waals surface area contributed by atoms with Crippen molar-refractivity contribution in [2.45, 2.75) is 19.8 Å². The van der Waals surface area contributed by atoms with Crippen LogP contribution in [0, 0.1) is 17.8 Å². The summed E-state index contributed by atoms with van der Waals surface area (Å²) in [5.74, 6) is 1.53. The third-order valence-corrected chi connectivity index (χ3v) is 3.32. The van der Waals surface area contributed by atoms with Gasteiger partial charge in [0.15, 0.2) is 0 Å². The molecule has 0 radical (unpaired) electrons. The van der Waals surface area contributed by atoms with Crippen LogP contribution in [-0.2, 0) is 9.47 Å².